The van der Waals surface area contributed by atoms with Crippen molar-refractivity contribution < 1.29 is 8.42 Å². The third kappa shape index (κ3) is 3.51. The number of hydrogen-bond acceptors (Lipinski definition) is 2. The summed E-state index contributed by atoms with van der Waals surface area (Å²) >= 11 is 5.83. The molecule has 0 radical (unpaired) electrons. The van der Waals surface area contributed by atoms with Gasteiger partial charge in [0, 0.05) is 11.6 Å². The van der Waals surface area contributed by atoms with E-state index in [0.717, 1.165) is 24.8 Å². The van der Waals surface area contributed by atoms with E-state index in [0.29, 0.717) is 9.92 Å². The molecule has 0 spiro atoms. The molecule has 22 heavy (non-hydrogen) atoms. The number of hydrogen-bond donors (Lipinski definition) is 1. The Morgan fingerprint density at radius 3 is 2.36 bits per heavy atom. The first-order chi connectivity index (χ1) is 10.5. The lowest BCUT2D eigenvalue weighted by Gasteiger charge is -2.16. The van der Waals surface area contributed by atoms with Crippen LogP contribution in [-0.4, -0.2) is 8.42 Å². The Morgan fingerprint density at radius 2 is 1.64 bits per heavy atom. The van der Waals surface area contributed by atoms with Crippen LogP contribution in [0.2, 0.25) is 5.02 Å². The summed E-state index contributed by atoms with van der Waals surface area (Å²) in [5.74, 6) is 0. The van der Waals surface area contributed by atoms with E-state index in [2.05, 4.69) is 4.72 Å². The summed E-state index contributed by atoms with van der Waals surface area (Å²) in [4.78, 5) is 0.349. The van der Waals surface area contributed by atoms with Crippen molar-refractivity contribution in [2.75, 3.05) is 0 Å². The minimum absolute atomic E-state index is 0.261. The Bertz CT molecular complexity index is 770. The lowest BCUT2D eigenvalue weighted by molar-refractivity contribution is 0.580. The second-order valence-electron chi connectivity index (χ2n) is 5.59. The predicted molar refractivity (Wildman–Crippen MR) is 88.6 cm³/mol. The van der Waals surface area contributed by atoms with Crippen molar-refractivity contribution in [3.63, 3.8) is 0 Å². The fourth-order valence-electron chi connectivity index (χ4n) is 2.74. The monoisotopic (exact) mass is 335 g/mol. The Labute approximate surface area is 136 Å². The van der Waals surface area contributed by atoms with E-state index in [1.807, 2.05) is 24.3 Å². The van der Waals surface area contributed by atoms with Crippen molar-refractivity contribution in [1.29, 1.82) is 0 Å². The van der Waals surface area contributed by atoms with Crippen LogP contribution in [0.25, 0.3) is 0 Å². The molecule has 2 aromatic carbocycles. The minimum Gasteiger partial charge on any atom is -0.207 e. The fraction of sp³-hybridized carbons (Fsp3) is 0.294. The van der Waals surface area contributed by atoms with Crippen molar-refractivity contribution in [3.8, 4) is 0 Å². The van der Waals surface area contributed by atoms with E-state index in [-0.39, 0.29) is 6.54 Å². The highest BCUT2D eigenvalue weighted by Crippen LogP contribution is 2.24. The molecule has 0 saturated carbocycles. The Hall–Kier alpha value is -1.36. The van der Waals surface area contributed by atoms with Crippen LogP contribution < -0.4 is 4.72 Å². The summed E-state index contributed by atoms with van der Waals surface area (Å²) in [7, 11) is -3.49. The van der Waals surface area contributed by atoms with Gasteiger partial charge in [-0.2, -0.15) is 0 Å². The first-order valence-corrected chi connectivity index (χ1v) is 9.27. The molecular formula is C17H18ClNO2S. The summed E-state index contributed by atoms with van der Waals surface area (Å²) < 4.78 is 27.5. The van der Waals surface area contributed by atoms with Crippen LogP contribution in [0.3, 0.4) is 0 Å². The maximum absolute atomic E-state index is 12.4. The summed E-state index contributed by atoms with van der Waals surface area (Å²) in [6, 6.07) is 12.6. The highest BCUT2D eigenvalue weighted by atomic mass is 35.5. The van der Waals surface area contributed by atoms with Crippen molar-refractivity contribution in [1.82, 2.24) is 4.72 Å². The SMILES string of the molecule is O=S(=O)(NCc1ccc(Cl)cc1)c1ccc2c(c1)CCCC2. The minimum atomic E-state index is -3.49. The number of nitrogens with one attached hydrogen (secondary N) is 1. The highest BCUT2D eigenvalue weighted by molar-refractivity contribution is 7.89. The number of sulfonamides is 1. The van der Waals surface area contributed by atoms with Gasteiger partial charge in [0.05, 0.1) is 4.90 Å². The van der Waals surface area contributed by atoms with Gasteiger partial charge in [0.1, 0.15) is 0 Å². The van der Waals surface area contributed by atoms with Gasteiger partial charge in [0.15, 0.2) is 0 Å². The van der Waals surface area contributed by atoms with Gasteiger partial charge in [-0.3, -0.25) is 0 Å². The fourth-order valence-corrected chi connectivity index (χ4v) is 3.93. The van der Waals surface area contributed by atoms with Crippen molar-refractivity contribution in [2.24, 2.45) is 0 Å². The molecule has 0 bridgehead atoms. The quantitative estimate of drug-likeness (QED) is 0.926. The third-order valence-electron chi connectivity index (χ3n) is 4.01. The number of fused-ring (bicyclic) bond motifs is 1. The molecule has 0 amide bonds. The van der Waals surface area contributed by atoms with Gasteiger partial charge in [0.25, 0.3) is 0 Å². The standard InChI is InChI=1S/C17H18ClNO2S/c18-16-8-5-13(6-9-16)12-19-22(20,21)17-10-7-14-3-1-2-4-15(14)11-17/h5-11,19H,1-4,12H2. The van der Waals surface area contributed by atoms with Gasteiger partial charge in [-0.1, -0.05) is 29.8 Å². The molecule has 5 heteroatoms. The lowest BCUT2D eigenvalue weighted by Crippen LogP contribution is -2.23. The second kappa shape index (κ2) is 6.41. The van der Waals surface area contributed by atoms with Gasteiger partial charge in [-0.25, -0.2) is 13.1 Å². The van der Waals surface area contributed by atoms with Gasteiger partial charge in [0.2, 0.25) is 10.0 Å². The van der Waals surface area contributed by atoms with Crippen LogP contribution in [0.4, 0.5) is 0 Å². The van der Waals surface area contributed by atoms with Gasteiger partial charge in [-0.15, -0.1) is 0 Å². The predicted octanol–water partition coefficient (Wildman–Crippen LogP) is 3.70. The van der Waals surface area contributed by atoms with Gasteiger partial charge >= 0.3 is 0 Å². The largest absolute Gasteiger partial charge is 0.240 e. The summed E-state index contributed by atoms with van der Waals surface area (Å²) in [6.45, 7) is 0.261. The molecule has 3 rings (SSSR count). The van der Waals surface area contributed by atoms with Crippen LogP contribution in [0.1, 0.15) is 29.5 Å². The smallest absolute Gasteiger partial charge is 0.207 e. The first-order valence-electron chi connectivity index (χ1n) is 7.40. The first kappa shape index (κ1) is 15.5. The van der Waals surface area contributed by atoms with Crippen LogP contribution in [0.5, 0.6) is 0 Å². The number of halogens is 1. The molecule has 0 atom stereocenters. The maximum Gasteiger partial charge on any atom is 0.240 e. The van der Waals surface area contributed by atoms with Crippen LogP contribution in [-0.2, 0) is 29.4 Å². The molecule has 0 unspecified atom stereocenters. The Kier molecular flexibility index (Phi) is 4.52. The Balaban J connectivity index is 1.76. The van der Waals surface area contributed by atoms with Gasteiger partial charge < -0.3 is 0 Å². The highest BCUT2D eigenvalue weighted by Gasteiger charge is 2.17. The van der Waals surface area contributed by atoms with E-state index < -0.39 is 10.0 Å². The molecule has 2 aromatic rings. The topological polar surface area (TPSA) is 46.2 Å². The molecule has 0 saturated heterocycles. The van der Waals surface area contributed by atoms with Crippen LogP contribution in [0, 0.1) is 0 Å². The van der Waals surface area contributed by atoms with E-state index in [1.165, 1.54) is 17.5 Å². The van der Waals surface area contributed by atoms with Gasteiger partial charge in [-0.05, 0) is 66.6 Å². The number of aryl methyl sites for hydroxylation is 2. The molecule has 3 nitrogen and oxygen atoms in total. The van der Waals surface area contributed by atoms with Crippen LogP contribution in [0.15, 0.2) is 47.4 Å². The molecule has 0 fully saturated rings. The summed E-state index contributed by atoms with van der Waals surface area (Å²) in [5, 5.41) is 0.640. The number of benzene rings is 2. The van der Waals surface area contributed by atoms with Crippen LogP contribution >= 0.6 is 11.6 Å². The summed E-state index contributed by atoms with van der Waals surface area (Å²) in [6.07, 6.45) is 4.34. The van der Waals surface area contributed by atoms with Crippen molar-refractivity contribution in [3.05, 3.63) is 64.2 Å². The average molecular weight is 336 g/mol. The normalized spacial score (nSPS) is 14.6. The van der Waals surface area contributed by atoms with Crippen molar-refractivity contribution >= 4 is 21.6 Å². The molecule has 1 aliphatic rings. The summed E-state index contributed by atoms with van der Waals surface area (Å²) in [5.41, 5.74) is 3.33. The van der Waals surface area contributed by atoms with Crippen molar-refractivity contribution in [2.45, 2.75) is 37.1 Å². The zero-order valence-electron chi connectivity index (χ0n) is 12.2. The molecule has 1 N–H and O–H groups in total. The molecular weight excluding hydrogens is 318 g/mol. The molecule has 0 aliphatic heterocycles. The lowest BCUT2D eigenvalue weighted by atomic mass is 9.92. The molecule has 0 aromatic heterocycles. The van der Waals surface area contributed by atoms with E-state index in [1.54, 1.807) is 18.2 Å². The Morgan fingerprint density at radius 1 is 0.955 bits per heavy atom. The number of rotatable bonds is 4. The molecule has 0 heterocycles. The average Bonchev–Trinajstić information content (AvgIpc) is 2.54. The zero-order chi connectivity index (χ0) is 15.6. The second-order valence-corrected chi connectivity index (χ2v) is 7.79. The van der Waals surface area contributed by atoms with E-state index >= 15 is 0 Å². The zero-order valence-corrected chi connectivity index (χ0v) is 13.8. The molecule has 116 valence electrons. The molecule has 1 aliphatic carbocycles. The maximum atomic E-state index is 12.4. The van der Waals surface area contributed by atoms with E-state index in [9.17, 15) is 8.42 Å². The third-order valence-corrected chi connectivity index (χ3v) is 5.66. The van der Waals surface area contributed by atoms with E-state index in [4.69, 9.17) is 11.6 Å².